The van der Waals surface area contributed by atoms with Crippen LogP contribution < -0.4 is 5.69 Å². The summed E-state index contributed by atoms with van der Waals surface area (Å²) in [6.45, 7) is 3.46. The van der Waals surface area contributed by atoms with Crippen LogP contribution >= 0.6 is 0 Å². The van der Waals surface area contributed by atoms with Crippen LogP contribution in [0, 0.1) is 6.08 Å². The summed E-state index contributed by atoms with van der Waals surface area (Å²) < 4.78 is 14.7. The van der Waals surface area contributed by atoms with Crippen LogP contribution in [0.1, 0.15) is 19.9 Å². The van der Waals surface area contributed by atoms with Gasteiger partial charge < -0.3 is 0 Å². The second kappa shape index (κ2) is 2.48. The molecule has 5 heteroatoms. The highest BCUT2D eigenvalue weighted by molar-refractivity contribution is 4.73. The van der Waals surface area contributed by atoms with Gasteiger partial charge in [0.25, 0.3) is 0 Å². The molecule has 1 aromatic heterocycles. The smallest absolute Gasteiger partial charge is 0.249 e. The van der Waals surface area contributed by atoms with Gasteiger partial charge in [-0.25, -0.2) is 14.0 Å². The molecule has 1 aromatic rings. The van der Waals surface area contributed by atoms with Crippen molar-refractivity contribution in [1.29, 1.82) is 0 Å². The Morgan fingerprint density at radius 1 is 1.55 bits per heavy atom. The number of aromatic nitrogens is 3. The van der Waals surface area contributed by atoms with Gasteiger partial charge in [-0.15, -0.1) is 5.10 Å². The average Bonchev–Trinajstić information content (AvgIpc) is 2.07. The van der Waals surface area contributed by atoms with E-state index < -0.39 is 11.8 Å². The van der Waals surface area contributed by atoms with Crippen molar-refractivity contribution in [3.8, 4) is 0 Å². The Morgan fingerprint density at radius 3 is 2.27 bits per heavy atom. The molecule has 11 heavy (non-hydrogen) atoms. The Hall–Kier alpha value is -1.13. The van der Waals surface area contributed by atoms with Crippen molar-refractivity contribution in [1.82, 2.24) is 14.3 Å². The van der Waals surface area contributed by atoms with Crippen LogP contribution in [-0.4, -0.2) is 14.3 Å². The van der Waals surface area contributed by atoms with Crippen LogP contribution in [0.15, 0.2) is 4.79 Å². The fourth-order valence-electron chi connectivity index (χ4n) is 0.884. The number of hydrogen-bond acceptors (Lipinski definition) is 2. The maximum Gasteiger partial charge on any atom is 0.348 e. The van der Waals surface area contributed by atoms with Crippen molar-refractivity contribution in [2.24, 2.45) is 7.05 Å². The third-order valence-corrected chi connectivity index (χ3v) is 1.43. The van der Waals surface area contributed by atoms with Crippen LogP contribution in [0.4, 0.5) is 4.39 Å². The van der Waals surface area contributed by atoms with Crippen LogP contribution in [0.3, 0.4) is 0 Å². The van der Waals surface area contributed by atoms with E-state index in [1.807, 2.05) is 0 Å². The average molecular weight is 159 g/mol. The van der Waals surface area contributed by atoms with Gasteiger partial charge in [0.1, 0.15) is 0 Å². The lowest BCUT2D eigenvalue weighted by molar-refractivity contribution is 0.426. The van der Waals surface area contributed by atoms with E-state index in [-0.39, 0.29) is 6.04 Å². The van der Waals surface area contributed by atoms with Crippen molar-refractivity contribution in [2.75, 3.05) is 0 Å². The zero-order valence-electron chi connectivity index (χ0n) is 6.71. The Balaban J connectivity index is 3.35. The maximum absolute atomic E-state index is 12.8. The van der Waals surface area contributed by atoms with Crippen molar-refractivity contribution in [3.05, 3.63) is 16.6 Å². The van der Waals surface area contributed by atoms with E-state index in [0.29, 0.717) is 0 Å². The molecule has 0 aliphatic carbocycles. The van der Waals surface area contributed by atoms with Gasteiger partial charge in [-0.3, -0.25) is 0 Å². The van der Waals surface area contributed by atoms with E-state index in [1.54, 1.807) is 13.8 Å². The molecule has 0 aliphatic heterocycles. The molecule has 0 radical (unpaired) electrons. The van der Waals surface area contributed by atoms with Crippen molar-refractivity contribution in [3.63, 3.8) is 0 Å². The molecule has 0 aliphatic rings. The first-order valence-corrected chi connectivity index (χ1v) is 3.35. The van der Waals surface area contributed by atoms with Gasteiger partial charge in [0.15, 0.2) is 0 Å². The zero-order chi connectivity index (χ0) is 8.59. The molecular weight excluding hydrogens is 149 g/mol. The van der Waals surface area contributed by atoms with Gasteiger partial charge in [-0.1, -0.05) is 0 Å². The van der Waals surface area contributed by atoms with Gasteiger partial charge in [0.05, 0.1) is 0 Å². The predicted octanol–water partition coefficient (Wildman–Crippen LogP) is 0.302. The molecule has 0 fully saturated rings. The Morgan fingerprint density at radius 2 is 2.09 bits per heavy atom. The first kappa shape index (κ1) is 7.97. The van der Waals surface area contributed by atoms with E-state index in [0.717, 1.165) is 9.25 Å². The SMILES string of the molecule is CC(C)n1c(F)nn(C)c1=O. The summed E-state index contributed by atoms with van der Waals surface area (Å²) in [4.78, 5) is 11.1. The molecule has 0 amide bonds. The first-order chi connectivity index (χ1) is 5.04. The van der Waals surface area contributed by atoms with Crippen LogP contribution in [-0.2, 0) is 7.05 Å². The summed E-state index contributed by atoms with van der Waals surface area (Å²) in [6, 6.07) is -0.184. The van der Waals surface area contributed by atoms with E-state index >= 15 is 0 Å². The van der Waals surface area contributed by atoms with Crippen molar-refractivity contribution in [2.45, 2.75) is 19.9 Å². The molecular formula is C6H10FN3O. The minimum absolute atomic E-state index is 0.184. The summed E-state index contributed by atoms with van der Waals surface area (Å²) in [6.07, 6.45) is -0.729. The van der Waals surface area contributed by atoms with Crippen molar-refractivity contribution < 1.29 is 4.39 Å². The number of nitrogens with zero attached hydrogens (tertiary/aromatic N) is 3. The number of hydrogen-bond donors (Lipinski definition) is 0. The third kappa shape index (κ3) is 1.18. The van der Waals surface area contributed by atoms with Crippen LogP contribution in [0.5, 0.6) is 0 Å². The second-order valence-corrected chi connectivity index (χ2v) is 2.64. The molecule has 1 heterocycles. The molecule has 0 saturated carbocycles. The van der Waals surface area contributed by atoms with E-state index in [1.165, 1.54) is 7.05 Å². The minimum atomic E-state index is -0.729. The lowest BCUT2D eigenvalue weighted by Gasteiger charge is -2.02. The second-order valence-electron chi connectivity index (χ2n) is 2.64. The van der Waals surface area contributed by atoms with E-state index in [4.69, 9.17) is 0 Å². The molecule has 0 spiro atoms. The standard InChI is InChI=1S/C6H10FN3O/c1-4(2)10-5(7)8-9(3)6(10)11/h4H,1-3H3. The highest BCUT2D eigenvalue weighted by Gasteiger charge is 2.12. The lowest BCUT2D eigenvalue weighted by atomic mass is 10.4. The highest BCUT2D eigenvalue weighted by atomic mass is 19.1. The predicted molar refractivity (Wildman–Crippen MR) is 37.8 cm³/mol. The Labute approximate surface area is 63.3 Å². The zero-order valence-corrected chi connectivity index (χ0v) is 6.71. The molecule has 0 N–H and O–H groups in total. The van der Waals surface area contributed by atoms with Crippen LogP contribution in [0.25, 0.3) is 0 Å². The van der Waals surface area contributed by atoms with Gasteiger partial charge in [-0.2, -0.15) is 4.39 Å². The van der Waals surface area contributed by atoms with Gasteiger partial charge >= 0.3 is 11.8 Å². The molecule has 0 saturated heterocycles. The summed E-state index contributed by atoms with van der Waals surface area (Å²) in [7, 11) is 1.42. The molecule has 0 aromatic carbocycles. The summed E-state index contributed by atoms with van der Waals surface area (Å²) in [5.41, 5.74) is -0.419. The lowest BCUT2D eigenvalue weighted by Crippen LogP contribution is -2.24. The maximum atomic E-state index is 12.8. The third-order valence-electron chi connectivity index (χ3n) is 1.43. The fraction of sp³-hybridized carbons (Fsp3) is 0.667. The number of rotatable bonds is 1. The largest absolute Gasteiger partial charge is 0.348 e. The minimum Gasteiger partial charge on any atom is -0.249 e. The summed E-state index contributed by atoms with van der Waals surface area (Å²) >= 11 is 0. The van der Waals surface area contributed by atoms with Gasteiger partial charge in [-0.05, 0) is 13.8 Å². The quantitative estimate of drug-likeness (QED) is 0.591. The number of aryl methyl sites for hydroxylation is 1. The molecule has 0 atom stereocenters. The van der Waals surface area contributed by atoms with Crippen LogP contribution in [0.2, 0.25) is 0 Å². The summed E-state index contributed by atoms with van der Waals surface area (Å²) in [5.74, 6) is 0. The fourth-order valence-corrected chi connectivity index (χ4v) is 0.884. The normalized spacial score (nSPS) is 11.0. The Bertz CT molecular complexity index is 312. The highest BCUT2D eigenvalue weighted by Crippen LogP contribution is 2.00. The van der Waals surface area contributed by atoms with Gasteiger partial charge in [0.2, 0.25) is 0 Å². The van der Waals surface area contributed by atoms with E-state index in [9.17, 15) is 9.18 Å². The van der Waals surface area contributed by atoms with E-state index in [2.05, 4.69) is 5.10 Å². The Kier molecular flexibility index (Phi) is 1.80. The van der Waals surface area contributed by atoms with Gasteiger partial charge in [0, 0.05) is 13.1 Å². The first-order valence-electron chi connectivity index (χ1n) is 3.35. The molecule has 1 rings (SSSR count). The molecule has 0 unspecified atom stereocenters. The topological polar surface area (TPSA) is 39.8 Å². The molecule has 62 valence electrons. The molecule has 4 nitrogen and oxygen atoms in total. The number of halogens is 1. The summed E-state index contributed by atoms with van der Waals surface area (Å²) in [5, 5.41) is 3.33. The van der Waals surface area contributed by atoms with Crippen molar-refractivity contribution >= 4 is 0 Å². The monoisotopic (exact) mass is 159 g/mol. The molecule has 0 bridgehead atoms.